The van der Waals surface area contributed by atoms with Crippen LogP contribution in [0, 0.1) is 0 Å². The van der Waals surface area contributed by atoms with Crippen molar-refractivity contribution in [2.24, 2.45) is 0 Å². The van der Waals surface area contributed by atoms with Crippen molar-refractivity contribution in [3.8, 4) is 0 Å². The zero-order valence-electron chi connectivity index (χ0n) is 8.44. The molecule has 0 spiro atoms. The molecule has 1 aromatic rings. The Kier molecular flexibility index (Phi) is 3.72. The van der Waals surface area contributed by atoms with Gasteiger partial charge in [0.05, 0.1) is 11.6 Å². The highest BCUT2D eigenvalue weighted by Crippen LogP contribution is 2.24. The third-order valence-corrected chi connectivity index (χ3v) is 4.23. The molecule has 0 aliphatic carbocycles. The Hall–Kier alpha value is -0.620. The van der Waals surface area contributed by atoms with Crippen LogP contribution in [0.4, 0.5) is 0 Å². The van der Waals surface area contributed by atoms with Gasteiger partial charge in [-0.05, 0) is 17.7 Å². The number of nitrogens with zero attached hydrogens (tertiary/aromatic N) is 1. The van der Waals surface area contributed by atoms with Crippen LogP contribution >= 0.6 is 11.6 Å². The van der Waals surface area contributed by atoms with Crippen molar-refractivity contribution in [1.29, 1.82) is 0 Å². The van der Waals surface area contributed by atoms with E-state index in [1.807, 2.05) is 0 Å². The summed E-state index contributed by atoms with van der Waals surface area (Å²) >= 11 is 5.79. The van der Waals surface area contributed by atoms with E-state index in [2.05, 4.69) is 0 Å². The predicted molar refractivity (Wildman–Crippen MR) is 58.2 cm³/mol. The number of aliphatic hydroxyl groups excluding tert-OH is 1. The number of hydrogen-bond acceptors (Lipinski definition) is 3. The van der Waals surface area contributed by atoms with Crippen LogP contribution in [0.3, 0.4) is 0 Å². The van der Waals surface area contributed by atoms with Crippen LogP contribution in [0.15, 0.2) is 23.1 Å². The fraction of sp³-hybridized carbons (Fsp3) is 0.333. The van der Waals surface area contributed by atoms with Crippen LogP contribution in [0.1, 0.15) is 5.56 Å². The molecule has 0 atom stereocenters. The molecule has 0 radical (unpaired) electrons. The Morgan fingerprint density at radius 1 is 1.40 bits per heavy atom. The average molecular weight is 250 g/mol. The molecule has 0 aliphatic heterocycles. The molecule has 0 bridgehead atoms. The van der Waals surface area contributed by atoms with Gasteiger partial charge < -0.3 is 5.11 Å². The van der Waals surface area contributed by atoms with Crippen molar-refractivity contribution in [2.45, 2.75) is 11.5 Å². The topological polar surface area (TPSA) is 57.6 Å². The van der Waals surface area contributed by atoms with Gasteiger partial charge in [0, 0.05) is 14.1 Å². The van der Waals surface area contributed by atoms with E-state index in [-0.39, 0.29) is 16.5 Å². The van der Waals surface area contributed by atoms with Crippen molar-refractivity contribution >= 4 is 21.6 Å². The minimum absolute atomic E-state index is 0.0146. The standard InChI is InChI=1S/C9H12ClNO3S/c1-11(2)15(13,14)9-5-7(6-12)3-4-8(9)10/h3-5,12H,6H2,1-2H3. The highest BCUT2D eigenvalue weighted by molar-refractivity contribution is 7.89. The molecule has 4 nitrogen and oxygen atoms in total. The summed E-state index contributed by atoms with van der Waals surface area (Å²) in [5.41, 5.74) is 0.514. The van der Waals surface area contributed by atoms with Crippen LogP contribution in [0.25, 0.3) is 0 Å². The van der Waals surface area contributed by atoms with Crippen molar-refractivity contribution in [1.82, 2.24) is 4.31 Å². The maximum atomic E-state index is 11.8. The van der Waals surface area contributed by atoms with Gasteiger partial charge >= 0.3 is 0 Å². The molecule has 15 heavy (non-hydrogen) atoms. The molecule has 0 heterocycles. The van der Waals surface area contributed by atoms with Crippen molar-refractivity contribution in [3.05, 3.63) is 28.8 Å². The Morgan fingerprint density at radius 3 is 2.47 bits per heavy atom. The lowest BCUT2D eigenvalue weighted by Crippen LogP contribution is -2.22. The van der Waals surface area contributed by atoms with Crippen LogP contribution < -0.4 is 0 Å². The highest BCUT2D eigenvalue weighted by atomic mass is 35.5. The summed E-state index contributed by atoms with van der Waals surface area (Å²) in [4.78, 5) is 0.0146. The Morgan fingerprint density at radius 2 is 2.00 bits per heavy atom. The lowest BCUT2D eigenvalue weighted by atomic mass is 10.2. The van der Waals surface area contributed by atoms with Gasteiger partial charge in [-0.1, -0.05) is 17.7 Å². The molecule has 0 amide bonds. The maximum absolute atomic E-state index is 11.8. The van der Waals surface area contributed by atoms with Gasteiger partial charge in [-0.15, -0.1) is 0 Å². The molecular formula is C9H12ClNO3S. The summed E-state index contributed by atoms with van der Waals surface area (Å²) in [7, 11) is -0.694. The van der Waals surface area contributed by atoms with Gasteiger partial charge in [-0.25, -0.2) is 12.7 Å². The summed E-state index contributed by atoms with van der Waals surface area (Å²) in [5, 5.41) is 9.06. The van der Waals surface area contributed by atoms with E-state index < -0.39 is 10.0 Å². The van der Waals surface area contributed by atoms with Gasteiger partial charge in [-0.3, -0.25) is 0 Å². The molecule has 0 aromatic heterocycles. The molecule has 1 N–H and O–H groups in total. The lowest BCUT2D eigenvalue weighted by molar-refractivity contribution is 0.281. The Labute approximate surface area is 94.1 Å². The number of sulfonamides is 1. The number of rotatable bonds is 3. The summed E-state index contributed by atoms with van der Waals surface area (Å²) in [5.74, 6) is 0. The number of hydrogen-bond donors (Lipinski definition) is 1. The van der Waals surface area contributed by atoms with E-state index in [1.54, 1.807) is 6.07 Å². The summed E-state index contributed by atoms with van der Waals surface area (Å²) in [6.45, 7) is -0.215. The van der Waals surface area contributed by atoms with Gasteiger partial charge in [0.2, 0.25) is 10.0 Å². The number of aliphatic hydroxyl groups is 1. The Balaban J connectivity index is 3.37. The predicted octanol–water partition coefficient (Wildman–Crippen LogP) is 1.08. The quantitative estimate of drug-likeness (QED) is 0.872. The molecule has 1 aromatic carbocycles. The van der Waals surface area contributed by atoms with Gasteiger partial charge in [0.15, 0.2) is 0 Å². The summed E-state index contributed by atoms with van der Waals surface area (Å²) in [6, 6.07) is 4.41. The SMILES string of the molecule is CN(C)S(=O)(=O)c1cc(CO)ccc1Cl. The second-order valence-electron chi connectivity index (χ2n) is 3.21. The minimum Gasteiger partial charge on any atom is -0.392 e. The summed E-state index contributed by atoms with van der Waals surface area (Å²) < 4.78 is 24.6. The molecule has 0 saturated carbocycles. The molecule has 6 heteroatoms. The van der Waals surface area contributed by atoms with Crippen LogP contribution in [-0.4, -0.2) is 31.9 Å². The number of halogens is 1. The Bertz CT molecular complexity index is 456. The molecule has 0 aliphatic rings. The molecule has 0 fully saturated rings. The largest absolute Gasteiger partial charge is 0.392 e. The maximum Gasteiger partial charge on any atom is 0.244 e. The molecule has 0 saturated heterocycles. The first-order valence-electron chi connectivity index (χ1n) is 4.21. The van der Waals surface area contributed by atoms with Gasteiger partial charge in [-0.2, -0.15) is 0 Å². The van der Waals surface area contributed by atoms with E-state index in [4.69, 9.17) is 16.7 Å². The number of benzene rings is 1. The molecule has 84 valence electrons. The van der Waals surface area contributed by atoms with E-state index >= 15 is 0 Å². The van der Waals surface area contributed by atoms with E-state index in [9.17, 15) is 8.42 Å². The van der Waals surface area contributed by atoms with E-state index in [1.165, 1.54) is 26.2 Å². The first-order chi connectivity index (χ1) is 6.89. The molecule has 0 unspecified atom stereocenters. The smallest absolute Gasteiger partial charge is 0.244 e. The monoisotopic (exact) mass is 249 g/mol. The van der Waals surface area contributed by atoms with E-state index in [0.717, 1.165) is 4.31 Å². The fourth-order valence-electron chi connectivity index (χ4n) is 1.04. The van der Waals surface area contributed by atoms with Crippen LogP contribution in [0.5, 0.6) is 0 Å². The van der Waals surface area contributed by atoms with E-state index in [0.29, 0.717) is 5.56 Å². The zero-order chi connectivity index (χ0) is 11.6. The molecular weight excluding hydrogens is 238 g/mol. The van der Waals surface area contributed by atoms with Gasteiger partial charge in [0.25, 0.3) is 0 Å². The first kappa shape index (κ1) is 12.4. The first-order valence-corrected chi connectivity index (χ1v) is 6.03. The van der Waals surface area contributed by atoms with Crippen LogP contribution in [-0.2, 0) is 16.6 Å². The fourth-order valence-corrected chi connectivity index (χ4v) is 2.46. The second kappa shape index (κ2) is 4.49. The highest BCUT2D eigenvalue weighted by Gasteiger charge is 2.20. The third kappa shape index (κ3) is 2.49. The molecule has 1 rings (SSSR count). The van der Waals surface area contributed by atoms with Crippen LogP contribution in [0.2, 0.25) is 5.02 Å². The zero-order valence-corrected chi connectivity index (χ0v) is 10.0. The third-order valence-electron chi connectivity index (χ3n) is 1.94. The lowest BCUT2D eigenvalue weighted by Gasteiger charge is -2.13. The van der Waals surface area contributed by atoms with Gasteiger partial charge in [0.1, 0.15) is 4.90 Å². The minimum atomic E-state index is -3.55. The normalized spacial score (nSPS) is 12.1. The second-order valence-corrected chi connectivity index (χ2v) is 5.74. The average Bonchev–Trinajstić information content (AvgIpc) is 2.18. The van der Waals surface area contributed by atoms with Crippen molar-refractivity contribution < 1.29 is 13.5 Å². The van der Waals surface area contributed by atoms with Crippen molar-refractivity contribution in [2.75, 3.05) is 14.1 Å². The summed E-state index contributed by atoms with van der Waals surface area (Å²) in [6.07, 6.45) is 0. The van der Waals surface area contributed by atoms with Crippen molar-refractivity contribution in [3.63, 3.8) is 0 Å².